The number of hydrogen-bond donors (Lipinski definition) is 2. The van der Waals surface area contributed by atoms with Gasteiger partial charge in [-0.05, 0) is 38.5 Å². The van der Waals surface area contributed by atoms with Gasteiger partial charge in [-0.25, -0.2) is 14.9 Å². The molecule has 10 heteroatoms. The number of H-pyrrole nitrogens is 1. The zero-order valence-corrected chi connectivity index (χ0v) is 17.7. The van der Waals surface area contributed by atoms with Crippen molar-refractivity contribution in [2.75, 3.05) is 17.7 Å². The fourth-order valence-electron chi connectivity index (χ4n) is 3.00. The van der Waals surface area contributed by atoms with Crippen LogP contribution in [-0.4, -0.2) is 43.8 Å². The number of para-hydroxylation sites is 2. The Morgan fingerprint density at radius 1 is 1.31 bits per heavy atom. The summed E-state index contributed by atoms with van der Waals surface area (Å²) < 4.78 is 7.02. The van der Waals surface area contributed by atoms with E-state index >= 15 is 0 Å². The molecule has 0 radical (unpaired) electrons. The minimum absolute atomic E-state index is 0.144. The number of anilines is 1. The number of rotatable bonds is 6. The van der Waals surface area contributed by atoms with Crippen LogP contribution in [0.2, 0.25) is 0 Å². The molecule has 0 atom stereocenters. The Kier molecular flexibility index (Phi) is 5.29. The van der Waals surface area contributed by atoms with E-state index in [2.05, 4.69) is 20.5 Å². The molecule has 0 unspecified atom stereocenters. The molecule has 4 rings (SSSR count). The van der Waals surface area contributed by atoms with Gasteiger partial charge in [0.05, 0.1) is 29.0 Å². The second-order valence-corrected chi connectivity index (χ2v) is 8.48. The number of ether oxygens (including phenoxy) is 1. The van der Waals surface area contributed by atoms with Crippen molar-refractivity contribution < 1.29 is 14.3 Å². The van der Waals surface area contributed by atoms with Gasteiger partial charge in [0.1, 0.15) is 5.00 Å². The Morgan fingerprint density at radius 3 is 2.90 bits per heavy atom. The van der Waals surface area contributed by atoms with Gasteiger partial charge in [-0.15, -0.1) is 16.4 Å². The van der Waals surface area contributed by atoms with Crippen LogP contribution in [0.15, 0.2) is 29.4 Å². The minimum Gasteiger partial charge on any atom is -0.462 e. The largest absolute Gasteiger partial charge is 0.462 e. The first-order valence-corrected chi connectivity index (χ1v) is 10.8. The number of imidazole rings is 1. The summed E-state index contributed by atoms with van der Waals surface area (Å²) in [5, 5.41) is 11.2. The topological polar surface area (TPSA) is 101 Å². The predicted molar refractivity (Wildman–Crippen MR) is 114 cm³/mol. The third-order valence-electron chi connectivity index (χ3n) is 4.45. The van der Waals surface area contributed by atoms with E-state index in [4.69, 9.17) is 4.74 Å². The maximum Gasteiger partial charge on any atom is 0.341 e. The molecule has 29 heavy (non-hydrogen) atoms. The summed E-state index contributed by atoms with van der Waals surface area (Å²) in [5.41, 5.74) is 3.04. The van der Waals surface area contributed by atoms with E-state index in [1.165, 1.54) is 23.1 Å². The van der Waals surface area contributed by atoms with Crippen LogP contribution in [0, 0.1) is 13.8 Å². The summed E-state index contributed by atoms with van der Waals surface area (Å²) in [6.07, 6.45) is 0. The first-order valence-electron chi connectivity index (χ1n) is 9.01. The molecular formula is C19H19N5O3S2. The van der Waals surface area contributed by atoms with Crippen molar-refractivity contribution in [3.8, 4) is 0 Å². The van der Waals surface area contributed by atoms with Crippen LogP contribution in [0.5, 0.6) is 0 Å². The van der Waals surface area contributed by atoms with Gasteiger partial charge >= 0.3 is 5.97 Å². The number of thiophene rings is 1. The average molecular weight is 430 g/mol. The Morgan fingerprint density at radius 2 is 2.10 bits per heavy atom. The molecule has 1 amide bonds. The monoisotopic (exact) mass is 429 g/mol. The Labute approximate surface area is 174 Å². The van der Waals surface area contributed by atoms with Crippen LogP contribution in [-0.2, 0) is 9.53 Å². The Balaban J connectivity index is 1.51. The van der Waals surface area contributed by atoms with Gasteiger partial charge in [0.15, 0.2) is 5.16 Å². The van der Waals surface area contributed by atoms with Crippen molar-refractivity contribution >= 4 is 56.8 Å². The van der Waals surface area contributed by atoms with Gasteiger partial charge in [0, 0.05) is 4.88 Å². The molecule has 0 saturated carbocycles. The number of fused-ring (bicyclic) bond motifs is 3. The smallest absolute Gasteiger partial charge is 0.341 e. The van der Waals surface area contributed by atoms with E-state index in [-0.39, 0.29) is 18.3 Å². The summed E-state index contributed by atoms with van der Waals surface area (Å²) in [7, 11) is 0. The van der Waals surface area contributed by atoms with Crippen molar-refractivity contribution in [3.63, 3.8) is 0 Å². The maximum atomic E-state index is 12.6. The number of aromatic amines is 1. The maximum absolute atomic E-state index is 12.6. The van der Waals surface area contributed by atoms with Gasteiger partial charge in [0.25, 0.3) is 0 Å². The van der Waals surface area contributed by atoms with Gasteiger partial charge in [-0.1, -0.05) is 23.9 Å². The number of benzene rings is 1. The molecule has 3 heterocycles. The number of thioether (sulfide) groups is 1. The lowest BCUT2D eigenvalue weighted by Crippen LogP contribution is -2.16. The molecule has 0 aliphatic carbocycles. The number of carbonyl (C=O) groups excluding carboxylic acids is 2. The molecule has 3 aromatic heterocycles. The van der Waals surface area contributed by atoms with Gasteiger partial charge in [-0.2, -0.15) is 0 Å². The first kappa shape index (κ1) is 19.5. The van der Waals surface area contributed by atoms with E-state index in [9.17, 15) is 9.59 Å². The molecular weight excluding hydrogens is 410 g/mol. The number of carbonyl (C=O) groups is 2. The summed E-state index contributed by atoms with van der Waals surface area (Å²) in [6.45, 7) is 5.81. The van der Waals surface area contributed by atoms with Gasteiger partial charge in [0.2, 0.25) is 11.7 Å². The third kappa shape index (κ3) is 3.60. The van der Waals surface area contributed by atoms with Crippen molar-refractivity contribution in [2.24, 2.45) is 0 Å². The fourth-order valence-corrected chi connectivity index (χ4v) is 4.82. The molecule has 0 spiro atoms. The number of nitrogens with zero attached hydrogens (tertiary/aromatic N) is 3. The Hall–Kier alpha value is -2.85. The molecule has 150 valence electrons. The van der Waals surface area contributed by atoms with Crippen LogP contribution < -0.4 is 5.32 Å². The third-order valence-corrected chi connectivity index (χ3v) is 6.52. The van der Waals surface area contributed by atoms with E-state index in [0.29, 0.717) is 21.5 Å². The molecule has 0 fully saturated rings. The average Bonchev–Trinajstić information content (AvgIpc) is 3.33. The van der Waals surface area contributed by atoms with Crippen molar-refractivity contribution in [2.45, 2.75) is 25.9 Å². The van der Waals surface area contributed by atoms with Crippen molar-refractivity contribution in [1.82, 2.24) is 19.6 Å². The highest BCUT2D eigenvalue weighted by Crippen LogP contribution is 2.33. The highest BCUT2D eigenvalue weighted by molar-refractivity contribution is 7.99. The van der Waals surface area contributed by atoms with Gasteiger partial charge in [-0.3, -0.25) is 9.20 Å². The first-order chi connectivity index (χ1) is 14.0. The molecule has 0 aliphatic rings. The fraction of sp³-hybridized carbons (Fsp3) is 0.263. The van der Waals surface area contributed by atoms with Crippen LogP contribution in [0.1, 0.15) is 27.7 Å². The number of aromatic nitrogens is 4. The van der Waals surface area contributed by atoms with Crippen molar-refractivity contribution in [3.05, 3.63) is 40.3 Å². The Bertz CT molecular complexity index is 1220. The SMILES string of the molecule is CCOC(=O)c1c(NC(=O)CSc2n[nH]c3nc4ccccc4n23)sc(C)c1C. The van der Waals surface area contributed by atoms with E-state index in [1.807, 2.05) is 42.5 Å². The normalized spacial score (nSPS) is 11.3. The van der Waals surface area contributed by atoms with E-state index < -0.39 is 5.97 Å². The number of esters is 1. The lowest BCUT2D eigenvalue weighted by atomic mass is 10.1. The second-order valence-electron chi connectivity index (χ2n) is 6.31. The highest BCUT2D eigenvalue weighted by Gasteiger charge is 2.22. The summed E-state index contributed by atoms with van der Waals surface area (Å²) in [4.78, 5) is 30.3. The summed E-state index contributed by atoms with van der Waals surface area (Å²) in [5.74, 6) is 0.131. The van der Waals surface area contributed by atoms with Crippen LogP contribution in [0.4, 0.5) is 5.00 Å². The molecule has 1 aromatic carbocycles. The minimum atomic E-state index is -0.420. The van der Waals surface area contributed by atoms with Crippen molar-refractivity contribution in [1.29, 1.82) is 0 Å². The molecule has 4 aromatic rings. The summed E-state index contributed by atoms with van der Waals surface area (Å²) in [6, 6.07) is 7.74. The molecule has 0 bridgehead atoms. The highest BCUT2D eigenvalue weighted by atomic mass is 32.2. The number of hydrogen-bond acceptors (Lipinski definition) is 7. The predicted octanol–water partition coefficient (Wildman–Crippen LogP) is 3.80. The standard InChI is InChI=1S/C19H19N5O3S2/c1-4-27-17(26)15-10(2)11(3)29-16(15)21-14(25)9-28-19-23-22-18-20-12-7-5-6-8-13(12)24(18)19/h5-8H,4,9H2,1-3H3,(H,20,22)(H,21,25). The zero-order chi connectivity index (χ0) is 20.5. The lowest BCUT2D eigenvalue weighted by molar-refractivity contribution is -0.113. The molecule has 2 N–H and O–H groups in total. The molecule has 0 aliphatic heterocycles. The van der Waals surface area contributed by atoms with Crippen LogP contribution in [0.25, 0.3) is 16.8 Å². The zero-order valence-electron chi connectivity index (χ0n) is 16.1. The number of amides is 1. The summed E-state index contributed by atoms with van der Waals surface area (Å²) >= 11 is 2.67. The van der Waals surface area contributed by atoms with Crippen LogP contribution in [0.3, 0.4) is 0 Å². The number of nitrogens with one attached hydrogen (secondary N) is 2. The molecule has 0 saturated heterocycles. The lowest BCUT2D eigenvalue weighted by Gasteiger charge is -2.07. The van der Waals surface area contributed by atoms with Gasteiger partial charge < -0.3 is 10.1 Å². The quantitative estimate of drug-likeness (QED) is 0.357. The van der Waals surface area contributed by atoms with E-state index in [0.717, 1.165) is 21.5 Å². The number of aryl methyl sites for hydroxylation is 1. The van der Waals surface area contributed by atoms with Crippen LogP contribution >= 0.6 is 23.1 Å². The molecule has 8 nitrogen and oxygen atoms in total. The van der Waals surface area contributed by atoms with E-state index in [1.54, 1.807) is 6.92 Å². The second kappa shape index (κ2) is 7.88.